The third-order valence-corrected chi connectivity index (χ3v) is 13.7. The molecule has 0 atom stereocenters. The first-order valence-corrected chi connectivity index (χ1v) is 22.4. The lowest BCUT2D eigenvalue weighted by Gasteiger charge is -2.31. The van der Waals surface area contributed by atoms with Gasteiger partial charge in [0.25, 0.3) is 0 Å². The fourth-order valence-corrected chi connectivity index (χ4v) is 10.9. The first-order chi connectivity index (χ1) is 32.2. The molecular formula is C63H40N2. The van der Waals surface area contributed by atoms with Crippen LogP contribution in [0.1, 0.15) is 22.3 Å². The molecule has 10 aromatic carbocycles. The van der Waals surface area contributed by atoms with Gasteiger partial charge in [0.15, 0.2) is 5.82 Å². The zero-order chi connectivity index (χ0) is 42.9. The molecule has 0 aliphatic heterocycles. The van der Waals surface area contributed by atoms with E-state index in [-0.39, 0.29) is 0 Å². The van der Waals surface area contributed by atoms with E-state index in [1.54, 1.807) is 0 Å². The highest BCUT2D eigenvalue weighted by molar-refractivity contribution is 6.09. The minimum atomic E-state index is -0.471. The molecule has 0 fully saturated rings. The summed E-state index contributed by atoms with van der Waals surface area (Å²) in [5.74, 6) is 0.683. The van der Waals surface area contributed by atoms with Crippen LogP contribution in [0, 0.1) is 0 Å². The molecule has 0 unspecified atom stereocenters. The maximum atomic E-state index is 5.40. The molecule has 2 aliphatic carbocycles. The maximum Gasteiger partial charge on any atom is 0.160 e. The predicted octanol–water partition coefficient (Wildman–Crippen LogP) is 16.0. The van der Waals surface area contributed by atoms with Crippen LogP contribution in [0.4, 0.5) is 0 Å². The van der Waals surface area contributed by atoms with Crippen LogP contribution in [-0.4, -0.2) is 9.97 Å². The standard InChI is InChI=1S/C63H40N2/c1-3-18-41(19-4-1)43-23-15-26-47(36-43)58-40-59(48-27-16-24-44(37-48)42-20-5-2-6-21-42)65-62(64-58)49-28-17-25-45(38-49)54-39-46-22-7-8-29-50(46)61-60(54)53-32-11-14-35-57(53)63(61)55-33-12-9-30-51(55)52-31-10-13-34-56(52)63/h1-40H. The summed E-state index contributed by atoms with van der Waals surface area (Å²) in [5.41, 5.74) is 21.8. The Bertz CT molecular complexity index is 3510. The summed E-state index contributed by atoms with van der Waals surface area (Å²) in [4.78, 5) is 10.8. The third-order valence-electron chi connectivity index (χ3n) is 13.7. The van der Waals surface area contributed by atoms with Crippen LogP contribution < -0.4 is 0 Å². The number of aromatic nitrogens is 2. The average Bonchev–Trinajstić information content (AvgIpc) is 3.87. The zero-order valence-corrected chi connectivity index (χ0v) is 35.5. The number of nitrogens with zero attached hydrogens (tertiary/aromatic N) is 2. The highest BCUT2D eigenvalue weighted by Gasteiger charge is 2.53. The molecular weight excluding hydrogens is 785 g/mol. The molecule has 1 heterocycles. The van der Waals surface area contributed by atoms with Crippen molar-refractivity contribution in [3.05, 3.63) is 265 Å². The molecule has 65 heavy (non-hydrogen) atoms. The molecule has 0 radical (unpaired) electrons. The fourth-order valence-electron chi connectivity index (χ4n) is 10.9. The second kappa shape index (κ2) is 14.8. The summed E-state index contributed by atoms with van der Waals surface area (Å²) in [7, 11) is 0. The molecule has 2 nitrogen and oxygen atoms in total. The van der Waals surface area contributed by atoms with Gasteiger partial charge in [-0.2, -0.15) is 0 Å². The van der Waals surface area contributed by atoms with Crippen LogP contribution in [-0.2, 0) is 5.41 Å². The van der Waals surface area contributed by atoms with Crippen molar-refractivity contribution in [3.63, 3.8) is 0 Å². The summed E-state index contributed by atoms with van der Waals surface area (Å²) < 4.78 is 0. The quantitative estimate of drug-likeness (QED) is 0.167. The molecule has 11 aromatic rings. The molecule has 0 bridgehead atoms. The molecule has 0 saturated heterocycles. The number of benzene rings is 10. The highest BCUT2D eigenvalue weighted by Crippen LogP contribution is 2.65. The van der Waals surface area contributed by atoms with Gasteiger partial charge in [0.1, 0.15) is 0 Å². The summed E-state index contributed by atoms with van der Waals surface area (Å²) in [5, 5.41) is 2.50. The lowest BCUT2D eigenvalue weighted by atomic mass is 9.69. The van der Waals surface area contributed by atoms with Crippen LogP contribution in [0.3, 0.4) is 0 Å². The Morgan fingerprint density at radius 3 is 1.31 bits per heavy atom. The highest BCUT2D eigenvalue weighted by atomic mass is 14.9. The van der Waals surface area contributed by atoms with Gasteiger partial charge in [0.2, 0.25) is 0 Å². The van der Waals surface area contributed by atoms with Gasteiger partial charge in [-0.05, 0) is 119 Å². The summed E-state index contributed by atoms with van der Waals surface area (Å²) in [6, 6.07) is 88.1. The minimum Gasteiger partial charge on any atom is -0.228 e. The van der Waals surface area contributed by atoms with Gasteiger partial charge in [0, 0.05) is 16.7 Å². The van der Waals surface area contributed by atoms with Gasteiger partial charge in [-0.15, -0.1) is 0 Å². The van der Waals surface area contributed by atoms with E-state index in [1.807, 2.05) is 0 Å². The molecule has 2 aliphatic rings. The largest absolute Gasteiger partial charge is 0.228 e. The van der Waals surface area contributed by atoms with Crippen molar-refractivity contribution in [1.82, 2.24) is 9.97 Å². The zero-order valence-electron chi connectivity index (χ0n) is 35.5. The fraction of sp³-hybridized carbons (Fsp3) is 0.0159. The van der Waals surface area contributed by atoms with E-state index in [0.29, 0.717) is 5.82 Å². The van der Waals surface area contributed by atoms with E-state index in [4.69, 9.17) is 9.97 Å². The van der Waals surface area contributed by atoms with Gasteiger partial charge < -0.3 is 0 Å². The van der Waals surface area contributed by atoms with Gasteiger partial charge >= 0.3 is 0 Å². The molecule has 2 heteroatoms. The Kier molecular flexibility index (Phi) is 8.47. The molecule has 13 rings (SSSR count). The Morgan fingerprint density at radius 2 is 0.708 bits per heavy atom. The summed E-state index contributed by atoms with van der Waals surface area (Å²) >= 11 is 0. The molecule has 1 spiro atoms. The van der Waals surface area contributed by atoms with E-state index < -0.39 is 5.41 Å². The van der Waals surface area contributed by atoms with E-state index in [0.717, 1.165) is 44.8 Å². The number of rotatable bonds is 6. The SMILES string of the molecule is c1ccc(-c2cccc(-c3cc(-c4cccc(-c5ccccc5)c4)nc(-c4cccc(-c5cc6ccccc6c6c5-c5ccccc5C65c6ccccc6-c6ccccc65)c4)n3)c2)cc1. The maximum absolute atomic E-state index is 5.40. The van der Waals surface area contributed by atoms with Crippen molar-refractivity contribution in [1.29, 1.82) is 0 Å². The number of fused-ring (bicyclic) bond motifs is 12. The molecule has 302 valence electrons. The predicted molar refractivity (Wildman–Crippen MR) is 268 cm³/mol. The summed E-state index contributed by atoms with van der Waals surface area (Å²) in [6.07, 6.45) is 0. The normalized spacial score (nSPS) is 12.7. The Balaban J connectivity index is 1.03. The van der Waals surface area contributed by atoms with Crippen molar-refractivity contribution in [2.75, 3.05) is 0 Å². The second-order valence-corrected chi connectivity index (χ2v) is 17.2. The van der Waals surface area contributed by atoms with Gasteiger partial charge in [0.05, 0.1) is 16.8 Å². The Hall–Kier alpha value is -8.46. The summed E-state index contributed by atoms with van der Waals surface area (Å²) in [6.45, 7) is 0. The molecule has 0 amide bonds. The molecule has 1 aromatic heterocycles. The Labute approximate surface area is 378 Å². The topological polar surface area (TPSA) is 25.8 Å². The van der Waals surface area contributed by atoms with Crippen LogP contribution >= 0.6 is 0 Å². The van der Waals surface area contributed by atoms with Gasteiger partial charge in [-0.25, -0.2) is 9.97 Å². The molecule has 0 saturated carbocycles. The van der Waals surface area contributed by atoms with Crippen molar-refractivity contribution in [2.45, 2.75) is 5.41 Å². The number of hydrogen-bond donors (Lipinski definition) is 0. The van der Waals surface area contributed by atoms with Crippen molar-refractivity contribution >= 4 is 10.8 Å². The van der Waals surface area contributed by atoms with Crippen LogP contribution in [0.25, 0.3) is 100 Å². The van der Waals surface area contributed by atoms with E-state index in [1.165, 1.54) is 72.0 Å². The lowest BCUT2D eigenvalue weighted by Crippen LogP contribution is -2.26. The van der Waals surface area contributed by atoms with Crippen LogP contribution in [0.15, 0.2) is 243 Å². The van der Waals surface area contributed by atoms with E-state index in [9.17, 15) is 0 Å². The first-order valence-electron chi connectivity index (χ1n) is 22.4. The Morgan fingerprint density at radius 1 is 0.277 bits per heavy atom. The monoisotopic (exact) mass is 824 g/mol. The minimum absolute atomic E-state index is 0.471. The van der Waals surface area contributed by atoms with Crippen LogP contribution in [0.5, 0.6) is 0 Å². The van der Waals surface area contributed by atoms with Crippen molar-refractivity contribution < 1.29 is 0 Å². The number of hydrogen-bond acceptors (Lipinski definition) is 2. The van der Waals surface area contributed by atoms with Gasteiger partial charge in [-0.1, -0.05) is 212 Å². The third kappa shape index (κ3) is 5.81. The smallest absolute Gasteiger partial charge is 0.160 e. The van der Waals surface area contributed by atoms with Crippen molar-refractivity contribution in [2.24, 2.45) is 0 Å². The molecule has 0 N–H and O–H groups in total. The van der Waals surface area contributed by atoms with Crippen LogP contribution in [0.2, 0.25) is 0 Å². The second-order valence-electron chi connectivity index (χ2n) is 17.2. The first kappa shape index (κ1) is 37.1. The van der Waals surface area contributed by atoms with Gasteiger partial charge in [-0.3, -0.25) is 0 Å². The van der Waals surface area contributed by atoms with E-state index in [2.05, 4.69) is 243 Å². The van der Waals surface area contributed by atoms with Crippen molar-refractivity contribution in [3.8, 4) is 89.5 Å². The average molecular weight is 825 g/mol. The lowest BCUT2D eigenvalue weighted by molar-refractivity contribution is 0.801. The van der Waals surface area contributed by atoms with E-state index >= 15 is 0 Å².